The number of aryl methyl sites for hydroxylation is 1. The molecule has 1 fully saturated rings. The van der Waals surface area contributed by atoms with Gasteiger partial charge in [0.15, 0.2) is 0 Å². The van der Waals surface area contributed by atoms with Crippen LogP contribution in [0.1, 0.15) is 49.1 Å². The lowest BCUT2D eigenvalue weighted by atomic mass is 9.67. The number of hydrogen-bond acceptors (Lipinski definition) is 3. The Hall–Kier alpha value is -1.39. The molecule has 5 heteroatoms. The molecule has 0 bridgehead atoms. The van der Waals surface area contributed by atoms with Crippen LogP contribution in [0.4, 0.5) is 0 Å². The summed E-state index contributed by atoms with van der Waals surface area (Å²) >= 11 is 0. The van der Waals surface area contributed by atoms with E-state index in [4.69, 9.17) is 0 Å². The van der Waals surface area contributed by atoms with Crippen LogP contribution >= 0.6 is 0 Å². The van der Waals surface area contributed by atoms with Crippen LogP contribution in [0, 0.1) is 12.3 Å². The van der Waals surface area contributed by atoms with Crippen LogP contribution in [-0.4, -0.2) is 27.6 Å². The van der Waals surface area contributed by atoms with Gasteiger partial charge < -0.3 is 5.32 Å². The zero-order chi connectivity index (χ0) is 11.6. The highest BCUT2D eigenvalue weighted by Crippen LogP contribution is 2.42. The third-order valence-corrected chi connectivity index (χ3v) is 3.59. The highest BCUT2D eigenvalue weighted by atomic mass is 16.2. The number of H-pyrrole nitrogens is 1. The molecular weight excluding hydrogens is 204 g/mol. The van der Waals surface area contributed by atoms with Crippen LogP contribution in [0.5, 0.6) is 0 Å². The molecule has 0 aromatic carbocycles. The minimum absolute atomic E-state index is 0.177. The van der Waals surface area contributed by atoms with Crippen LogP contribution in [0.15, 0.2) is 0 Å². The Balaban J connectivity index is 1.88. The summed E-state index contributed by atoms with van der Waals surface area (Å²) in [6.45, 7) is 4.71. The fraction of sp³-hybridized carbons (Fsp3) is 0.727. The number of aromatic nitrogens is 3. The first kappa shape index (κ1) is 11.1. The summed E-state index contributed by atoms with van der Waals surface area (Å²) in [6.07, 6.45) is 4.84. The van der Waals surface area contributed by atoms with Gasteiger partial charge in [0.25, 0.3) is 5.91 Å². The maximum Gasteiger partial charge on any atom is 0.290 e. The van der Waals surface area contributed by atoms with Gasteiger partial charge in [-0.25, -0.2) is 4.98 Å². The van der Waals surface area contributed by atoms with Crippen molar-refractivity contribution >= 4 is 5.91 Å². The van der Waals surface area contributed by atoms with Crippen molar-refractivity contribution < 1.29 is 4.79 Å². The maximum atomic E-state index is 11.7. The molecule has 2 rings (SSSR count). The predicted molar refractivity (Wildman–Crippen MR) is 60.0 cm³/mol. The molecule has 16 heavy (non-hydrogen) atoms. The Morgan fingerprint density at radius 3 is 2.75 bits per heavy atom. The minimum Gasteiger partial charge on any atom is -0.349 e. The molecule has 5 nitrogen and oxygen atoms in total. The summed E-state index contributed by atoms with van der Waals surface area (Å²) in [5.74, 6) is 0.728. The second-order valence-corrected chi connectivity index (χ2v) is 4.63. The van der Waals surface area contributed by atoms with Crippen molar-refractivity contribution in [1.82, 2.24) is 20.5 Å². The van der Waals surface area contributed by atoms with Gasteiger partial charge in [-0.05, 0) is 31.6 Å². The number of nitrogens with zero attached hydrogens (tertiary/aromatic N) is 2. The standard InChI is InChI=1S/C11H18N4O/c1-3-11(5-4-6-11)7-12-10(16)9-13-8(2)14-15-9/h3-7H2,1-2H3,(H,12,16)(H,13,14,15). The Morgan fingerprint density at radius 1 is 1.56 bits per heavy atom. The van der Waals surface area contributed by atoms with Gasteiger partial charge >= 0.3 is 0 Å². The largest absolute Gasteiger partial charge is 0.349 e. The number of carbonyl (C=O) groups excluding carboxylic acids is 1. The van der Waals surface area contributed by atoms with Crippen molar-refractivity contribution in [2.45, 2.75) is 39.5 Å². The normalized spacial score (nSPS) is 17.9. The monoisotopic (exact) mass is 222 g/mol. The van der Waals surface area contributed by atoms with Crippen molar-refractivity contribution in [3.8, 4) is 0 Å². The van der Waals surface area contributed by atoms with E-state index in [0.29, 0.717) is 11.2 Å². The van der Waals surface area contributed by atoms with E-state index in [1.165, 1.54) is 19.3 Å². The van der Waals surface area contributed by atoms with Crippen LogP contribution in [0.3, 0.4) is 0 Å². The molecule has 1 aliphatic carbocycles. The molecule has 88 valence electrons. The molecule has 2 N–H and O–H groups in total. The van der Waals surface area contributed by atoms with Crippen molar-refractivity contribution in [3.05, 3.63) is 11.6 Å². The van der Waals surface area contributed by atoms with Crippen LogP contribution < -0.4 is 5.32 Å². The van der Waals surface area contributed by atoms with Gasteiger partial charge in [-0.3, -0.25) is 9.89 Å². The lowest BCUT2D eigenvalue weighted by Gasteiger charge is -2.41. The van der Waals surface area contributed by atoms with Gasteiger partial charge in [-0.1, -0.05) is 13.3 Å². The fourth-order valence-corrected chi connectivity index (χ4v) is 2.12. The van der Waals surface area contributed by atoms with E-state index in [1.807, 2.05) is 0 Å². The Morgan fingerprint density at radius 2 is 2.31 bits per heavy atom. The maximum absolute atomic E-state index is 11.7. The van der Waals surface area contributed by atoms with Gasteiger partial charge in [0.05, 0.1) is 0 Å². The fourth-order valence-electron chi connectivity index (χ4n) is 2.12. The van der Waals surface area contributed by atoms with E-state index in [0.717, 1.165) is 13.0 Å². The zero-order valence-electron chi connectivity index (χ0n) is 9.84. The first-order valence-electron chi connectivity index (χ1n) is 5.82. The zero-order valence-corrected chi connectivity index (χ0v) is 9.84. The lowest BCUT2D eigenvalue weighted by molar-refractivity contribution is 0.0841. The van der Waals surface area contributed by atoms with Gasteiger partial charge in [0.2, 0.25) is 5.82 Å². The third kappa shape index (κ3) is 2.08. The van der Waals surface area contributed by atoms with Crippen LogP contribution in [0.25, 0.3) is 0 Å². The Bertz CT molecular complexity index is 376. The summed E-state index contributed by atoms with van der Waals surface area (Å²) in [7, 11) is 0. The van der Waals surface area contributed by atoms with E-state index in [9.17, 15) is 4.79 Å². The second-order valence-electron chi connectivity index (χ2n) is 4.63. The van der Waals surface area contributed by atoms with Crippen LogP contribution in [0.2, 0.25) is 0 Å². The van der Waals surface area contributed by atoms with Crippen molar-refractivity contribution in [3.63, 3.8) is 0 Å². The Labute approximate surface area is 95.0 Å². The SMILES string of the molecule is CCC1(CNC(=O)c2n[nH]c(C)n2)CCC1. The number of hydrogen-bond donors (Lipinski definition) is 2. The Kier molecular flexibility index (Phi) is 2.94. The second kappa shape index (κ2) is 4.23. The molecule has 1 aromatic rings. The van der Waals surface area contributed by atoms with Gasteiger partial charge in [0.1, 0.15) is 5.82 Å². The molecule has 0 saturated heterocycles. The number of amides is 1. The average molecular weight is 222 g/mol. The number of aromatic amines is 1. The van der Waals surface area contributed by atoms with Crippen molar-refractivity contribution in [2.75, 3.05) is 6.54 Å². The van der Waals surface area contributed by atoms with E-state index in [2.05, 4.69) is 27.4 Å². The van der Waals surface area contributed by atoms with Gasteiger partial charge in [0, 0.05) is 6.54 Å². The van der Waals surface area contributed by atoms with E-state index < -0.39 is 0 Å². The third-order valence-electron chi connectivity index (χ3n) is 3.59. The molecule has 0 radical (unpaired) electrons. The highest BCUT2D eigenvalue weighted by molar-refractivity contribution is 5.90. The quantitative estimate of drug-likeness (QED) is 0.809. The lowest BCUT2D eigenvalue weighted by Crippen LogP contribution is -2.41. The summed E-state index contributed by atoms with van der Waals surface area (Å²) < 4.78 is 0. The number of rotatable bonds is 4. The molecule has 1 aliphatic rings. The average Bonchev–Trinajstić information content (AvgIpc) is 2.64. The summed E-state index contributed by atoms with van der Waals surface area (Å²) in [6, 6.07) is 0. The first-order valence-corrected chi connectivity index (χ1v) is 5.82. The molecule has 0 aliphatic heterocycles. The molecule has 0 atom stereocenters. The number of carbonyl (C=O) groups is 1. The van der Waals surface area contributed by atoms with Crippen molar-refractivity contribution in [1.29, 1.82) is 0 Å². The molecular formula is C11H18N4O. The summed E-state index contributed by atoms with van der Waals surface area (Å²) in [5, 5.41) is 9.43. The van der Waals surface area contributed by atoms with E-state index in [1.54, 1.807) is 6.92 Å². The van der Waals surface area contributed by atoms with Gasteiger partial charge in [-0.15, -0.1) is 5.10 Å². The molecule has 1 aromatic heterocycles. The van der Waals surface area contributed by atoms with Crippen LogP contribution in [-0.2, 0) is 0 Å². The molecule has 0 unspecified atom stereocenters. The predicted octanol–water partition coefficient (Wildman–Crippen LogP) is 1.42. The first-order chi connectivity index (χ1) is 7.65. The topological polar surface area (TPSA) is 70.7 Å². The van der Waals surface area contributed by atoms with Crippen molar-refractivity contribution in [2.24, 2.45) is 5.41 Å². The van der Waals surface area contributed by atoms with E-state index in [-0.39, 0.29) is 11.7 Å². The smallest absolute Gasteiger partial charge is 0.290 e. The summed E-state index contributed by atoms with van der Waals surface area (Å²) in [5.41, 5.74) is 0.334. The number of nitrogens with one attached hydrogen (secondary N) is 2. The minimum atomic E-state index is -0.177. The van der Waals surface area contributed by atoms with Gasteiger partial charge in [-0.2, -0.15) is 0 Å². The molecule has 0 spiro atoms. The molecule has 1 heterocycles. The van der Waals surface area contributed by atoms with E-state index >= 15 is 0 Å². The highest BCUT2D eigenvalue weighted by Gasteiger charge is 2.35. The summed E-state index contributed by atoms with van der Waals surface area (Å²) in [4.78, 5) is 15.7. The molecule has 1 saturated carbocycles. The molecule has 1 amide bonds.